The lowest BCUT2D eigenvalue weighted by Gasteiger charge is -2.09. The van der Waals surface area contributed by atoms with Crippen LogP contribution in [-0.4, -0.2) is 20.5 Å². The van der Waals surface area contributed by atoms with Gasteiger partial charge in [-0.25, -0.2) is 13.2 Å². The van der Waals surface area contributed by atoms with Crippen molar-refractivity contribution in [2.24, 2.45) is 0 Å². The number of ether oxygens (including phenoxy) is 1. The molecule has 0 bridgehead atoms. The van der Waals surface area contributed by atoms with Gasteiger partial charge < -0.3 is 4.74 Å². The van der Waals surface area contributed by atoms with Crippen LogP contribution in [0.15, 0.2) is 64.4 Å². The number of carbonyl (C=O) groups is 1. The van der Waals surface area contributed by atoms with E-state index in [1.54, 1.807) is 30.3 Å². The Hall–Kier alpha value is -1.85. The molecule has 0 saturated carbocycles. The molecule has 0 radical (unpaired) electrons. The first kappa shape index (κ1) is 14.6. The van der Waals surface area contributed by atoms with Crippen molar-refractivity contribution in [1.82, 2.24) is 0 Å². The largest absolute Gasteiger partial charge is 0.446 e. The quantitative estimate of drug-likeness (QED) is 0.643. The van der Waals surface area contributed by atoms with Crippen LogP contribution in [0.3, 0.4) is 0 Å². The van der Waals surface area contributed by atoms with E-state index in [1.165, 1.54) is 24.3 Å². The summed E-state index contributed by atoms with van der Waals surface area (Å²) >= 11 is 5.34. The van der Waals surface area contributed by atoms with Crippen molar-refractivity contribution in [1.29, 1.82) is 0 Å². The molecule has 0 saturated heterocycles. The Morgan fingerprint density at radius 1 is 1.00 bits per heavy atom. The van der Waals surface area contributed by atoms with Crippen molar-refractivity contribution in [2.45, 2.75) is 9.79 Å². The zero-order valence-electron chi connectivity index (χ0n) is 10.3. The van der Waals surface area contributed by atoms with Crippen LogP contribution in [0.25, 0.3) is 0 Å². The Balaban J connectivity index is 2.56. The van der Waals surface area contributed by atoms with Crippen LogP contribution in [0.4, 0.5) is 0 Å². The van der Waals surface area contributed by atoms with E-state index in [4.69, 9.17) is 11.6 Å². The average molecular weight is 311 g/mol. The van der Waals surface area contributed by atoms with E-state index in [9.17, 15) is 13.2 Å². The van der Waals surface area contributed by atoms with E-state index >= 15 is 0 Å². The summed E-state index contributed by atoms with van der Waals surface area (Å²) in [6.07, 6.45) is 0. The molecule has 0 atom stereocenters. The van der Waals surface area contributed by atoms with Gasteiger partial charge in [0.25, 0.3) is 0 Å². The third-order valence-electron chi connectivity index (χ3n) is 2.64. The maximum Gasteiger partial charge on any atom is 0.340 e. The van der Waals surface area contributed by atoms with Crippen molar-refractivity contribution < 1.29 is 17.9 Å². The first-order chi connectivity index (χ1) is 9.57. The summed E-state index contributed by atoms with van der Waals surface area (Å²) in [7, 11) is -3.78. The molecule has 0 aromatic heterocycles. The zero-order chi connectivity index (χ0) is 14.6. The Kier molecular flexibility index (Phi) is 4.42. The highest BCUT2D eigenvalue weighted by Crippen LogP contribution is 2.24. The fourth-order valence-corrected chi connectivity index (χ4v) is 3.29. The van der Waals surface area contributed by atoms with Gasteiger partial charge in [0.15, 0.2) is 6.07 Å². The molecule has 20 heavy (non-hydrogen) atoms. The summed E-state index contributed by atoms with van der Waals surface area (Å²) < 4.78 is 29.7. The van der Waals surface area contributed by atoms with Crippen LogP contribution in [0.5, 0.6) is 0 Å². The van der Waals surface area contributed by atoms with Crippen molar-refractivity contribution in [3.63, 3.8) is 0 Å². The molecular weight excluding hydrogens is 300 g/mol. The number of alkyl halides is 1. The molecule has 2 rings (SSSR count). The lowest BCUT2D eigenvalue weighted by atomic mass is 10.2. The SMILES string of the molecule is O=C(OCCl)c1ccccc1S(=O)(=O)c1ccccc1. The molecule has 4 nitrogen and oxygen atoms in total. The lowest BCUT2D eigenvalue weighted by molar-refractivity contribution is 0.0569. The van der Waals surface area contributed by atoms with Gasteiger partial charge in [0, 0.05) is 0 Å². The molecule has 0 amide bonds. The number of benzene rings is 2. The Bertz CT molecular complexity index is 711. The van der Waals surface area contributed by atoms with Gasteiger partial charge in [-0.3, -0.25) is 0 Å². The smallest absolute Gasteiger partial charge is 0.340 e. The highest BCUT2D eigenvalue weighted by Gasteiger charge is 2.24. The lowest BCUT2D eigenvalue weighted by Crippen LogP contribution is -2.11. The first-order valence-corrected chi connectivity index (χ1v) is 7.71. The fraction of sp³-hybridized carbons (Fsp3) is 0.0714. The standard InChI is InChI=1S/C14H11ClO4S/c15-10-19-14(16)12-8-4-5-9-13(12)20(17,18)11-6-2-1-3-7-11/h1-9H,10H2. The van der Waals surface area contributed by atoms with E-state index in [2.05, 4.69) is 4.74 Å². The third-order valence-corrected chi connectivity index (χ3v) is 4.57. The number of esters is 1. The first-order valence-electron chi connectivity index (χ1n) is 5.69. The summed E-state index contributed by atoms with van der Waals surface area (Å²) in [5, 5.41) is 0. The van der Waals surface area contributed by atoms with Gasteiger partial charge in [-0.15, -0.1) is 0 Å². The summed E-state index contributed by atoms with van der Waals surface area (Å²) in [5.41, 5.74) is -0.0306. The van der Waals surface area contributed by atoms with Gasteiger partial charge in [-0.05, 0) is 24.3 Å². The number of rotatable bonds is 4. The number of hydrogen-bond acceptors (Lipinski definition) is 4. The second kappa shape index (κ2) is 6.07. The van der Waals surface area contributed by atoms with Crippen LogP contribution in [-0.2, 0) is 14.6 Å². The van der Waals surface area contributed by atoms with Crippen LogP contribution in [0.1, 0.15) is 10.4 Å². The van der Waals surface area contributed by atoms with Gasteiger partial charge in [-0.2, -0.15) is 0 Å². The average Bonchev–Trinajstić information content (AvgIpc) is 2.48. The molecule has 0 aliphatic carbocycles. The number of halogens is 1. The second-order valence-corrected chi connectivity index (χ2v) is 5.99. The number of sulfone groups is 1. The monoisotopic (exact) mass is 310 g/mol. The summed E-state index contributed by atoms with van der Waals surface area (Å²) in [4.78, 5) is 11.8. The van der Waals surface area contributed by atoms with Crippen molar-refractivity contribution >= 4 is 27.4 Å². The summed E-state index contributed by atoms with van der Waals surface area (Å²) in [6, 6.07) is 13.4. The molecule has 0 unspecified atom stereocenters. The predicted molar refractivity (Wildman–Crippen MR) is 74.5 cm³/mol. The van der Waals surface area contributed by atoms with Crippen molar-refractivity contribution in [3.8, 4) is 0 Å². The molecule has 0 aliphatic rings. The number of carbonyl (C=O) groups excluding carboxylic acids is 1. The third kappa shape index (κ3) is 2.84. The molecule has 2 aromatic carbocycles. The molecule has 6 heteroatoms. The molecule has 0 N–H and O–H groups in total. The number of hydrogen-bond donors (Lipinski definition) is 0. The summed E-state index contributed by atoms with van der Waals surface area (Å²) in [6.45, 7) is 0. The van der Waals surface area contributed by atoms with Crippen molar-refractivity contribution in [2.75, 3.05) is 6.07 Å². The Morgan fingerprint density at radius 2 is 1.60 bits per heavy atom. The Morgan fingerprint density at radius 3 is 2.25 bits per heavy atom. The molecule has 0 fully saturated rings. The van der Waals surface area contributed by atoms with E-state index in [0.717, 1.165) is 0 Å². The van der Waals surface area contributed by atoms with Crippen LogP contribution in [0, 0.1) is 0 Å². The molecule has 0 spiro atoms. The minimum atomic E-state index is -3.78. The minimum absolute atomic E-state index is 0.0306. The summed E-state index contributed by atoms with van der Waals surface area (Å²) in [5.74, 6) is -0.768. The van der Waals surface area contributed by atoms with Gasteiger partial charge in [0.05, 0.1) is 15.4 Å². The van der Waals surface area contributed by atoms with E-state index in [-0.39, 0.29) is 21.4 Å². The highest BCUT2D eigenvalue weighted by atomic mass is 35.5. The second-order valence-electron chi connectivity index (χ2n) is 3.85. The van der Waals surface area contributed by atoms with Gasteiger partial charge >= 0.3 is 5.97 Å². The topological polar surface area (TPSA) is 60.4 Å². The maximum absolute atomic E-state index is 12.5. The highest BCUT2D eigenvalue weighted by molar-refractivity contribution is 7.91. The fourth-order valence-electron chi connectivity index (χ4n) is 1.72. The predicted octanol–water partition coefficient (Wildman–Crippen LogP) is 2.87. The minimum Gasteiger partial charge on any atom is -0.446 e. The molecule has 104 valence electrons. The van der Waals surface area contributed by atoms with E-state index < -0.39 is 15.8 Å². The van der Waals surface area contributed by atoms with Crippen LogP contribution >= 0.6 is 11.6 Å². The van der Waals surface area contributed by atoms with Gasteiger partial charge in [0.2, 0.25) is 9.84 Å². The van der Waals surface area contributed by atoms with Crippen molar-refractivity contribution in [3.05, 3.63) is 60.2 Å². The normalized spacial score (nSPS) is 11.1. The van der Waals surface area contributed by atoms with Crippen LogP contribution < -0.4 is 0 Å². The maximum atomic E-state index is 12.5. The van der Waals surface area contributed by atoms with Crippen LogP contribution in [0.2, 0.25) is 0 Å². The molecule has 0 heterocycles. The Labute approximate surface area is 121 Å². The zero-order valence-corrected chi connectivity index (χ0v) is 11.9. The molecule has 2 aromatic rings. The van der Waals surface area contributed by atoms with E-state index in [1.807, 2.05) is 0 Å². The van der Waals surface area contributed by atoms with E-state index in [0.29, 0.717) is 0 Å². The van der Waals surface area contributed by atoms with Gasteiger partial charge in [0.1, 0.15) is 0 Å². The molecular formula is C14H11ClO4S. The van der Waals surface area contributed by atoms with Gasteiger partial charge in [-0.1, -0.05) is 41.9 Å². The molecule has 0 aliphatic heterocycles.